The monoisotopic (exact) mass is 330 g/mol. The highest BCUT2D eigenvalue weighted by molar-refractivity contribution is 6.07. The van der Waals surface area contributed by atoms with Gasteiger partial charge in [-0.1, -0.05) is 18.2 Å². The van der Waals surface area contributed by atoms with E-state index < -0.39 is 5.41 Å². The first kappa shape index (κ1) is 14.3. The molecule has 2 aromatic carbocycles. The number of rotatable bonds is 1. The molecule has 0 radical (unpaired) electrons. The number of hydrogen-bond acceptors (Lipinski definition) is 4. The maximum absolute atomic E-state index is 12.1. The van der Waals surface area contributed by atoms with E-state index >= 15 is 0 Å². The fourth-order valence-electron chi connectivity index (χ4n) is 3.62. The number of para-hydroxylation sites is 1. The maximum Gasteiger partial charge on any atom is 0.234 e. The van der Waals surface area contributed by atoms with Gasteiger partial charge in [0.05, 0.1) is 22.3 Å². The molecule has 1 aromatic heterocycles. The summed E-state index contributed by atoms with van der Waals surface area (Å²) in [7, 11) is 0. The summed E-state index contributed by atoms with van der Waals surface area (Å²) >= 11 is 0. The number of carbonyl (C=O) groups excluding carboxylic acids is 1. The van der Waals surface area contributed by atoms with E-state index in [1.807, 2.05) is 44.3 Å². The Kier molecular flexibility index (Phi) is 2.70. The first-order valence-corrected chi connectivity index (χ1v) is 8.40. The van der Waals surface area contributed by atoms with Crippen molar-refractivity contribution in [3.05, 3.63) is 59.8 Å². The zero-order chi connectivity index (χ0) is 17.2. The van der Waals surface area contributed by atoms with Gasteiger partial charge in [-0.2, -0.15) is 0 Å². The Hall–Kier alpha value is -3.08. The molecule has 0 aliphatic carbocycles. The van der Waals surface area contributed by atoms with Crippen LogP contribution in [-0.2, 0) is 10.2 Å². The van der Waals surface area contributed by atoms with Crippen molar-refractivity contribution in [1.29, 1.82) is 0 Å². The first-order valence-electron chi connectivity index (χ1n) is 8.40. The summed E-state index contributed by atoms with van der Waals surface area (Å²) in [6.07, 6.45) is 1.87. The molecule has 3 aromatic rings. The van der Waals surface area contributed by atoms with Crippen molar-refractivity contribution >= 4 is 33.9 Å². The molecule has 3 heterocycles. The molecule has 3 N–H and O–H groups in total. The lowest BCUT2D eigenvalue weighted by Gasteiger charge is -2.15. The second kappa shape index (κ2) is 4.72. The molecule has 2 aliphatic heterocycles. The van der Waals surface area contributed by atoms with E-state index in [0.29, 0.717) is 0 Å². The van der Waals surface area contributed by atoms with Gasteiger partial charge >= 0.3 is 0 Å². The lowest BCUT2D eigenvalue weighted by molar-refractivity contribution is -0.119. The van der Waals surface area contributed by atoms with Crippen LogP contribution in [0.2, 0.25) is 0 Å². The number of fused-ring (bicyclic) bond motifs is 3. The van der Waals surface area contributed by atoms with Crippen LogP contribution in [0.15, 0.2) is 48.7 Å². The molecule has 5 heteroatoms. The number of benzene rings is 2. The summed E-state index contributed by atoms with van der Waals surface area (Å²) in [6, 6.07) is 14.3. The summed E-state index contributed by atoms with van der Waals surface area (Å²) in [5, 5.41) is 11.1. The Bertz CT molecular complexity index is 1040. The number of hydrogen-bond donors (Lipinski definition) is 3. The van der Waals surface area contributed by atoms with E-state index in [1.54, 1.807) is 0 Å². The second-order valence-corrected chi connectivity index (χ2v) is 7.21. The molecule has 1 unspecified atom stereocenters. The molecule has 124 valence electrons. The second-order valence-electron chi connectivity index (χ2n) is 7.21. The van der Waals surface area contributed by atoms with Gasteiger partial charge in [0, 0.05) is 22.8 Å². The first-order chi connectivity index (χ1) is 12.0. The zero-order valence-electron chi connectivity index (χ0n) is 14.1. The van der Waals surface area contributed by atoms with Gasteiger partial charge in [-0.05, 0) is 43.7 Å². The van der Waals surface area contributed by atoms with E-state index in [1.165, 1.54) is 0 Å². The topological polar surface area (TPSA) is 66.0 Å². The predicted octanol–water partition coefficient (Wildman–Crippen LogP) is 4.00. The minimum Gasteiger partial charge on any atom is -0.360 e. The van der Waals surface area contributed by atoms with Crippen LogP contribution in [-0.4, -0.2) is 10.9 Å². The smallest absolute Gasteiger partial charge is 0.234 e. The zero-order valence-corrected chi connectivity index (χ0v) is 14.1. The molecule has 5 nitrogen and oxygen atoms in total. The highest BCUT2D eigenvalue weighted by Crippen LogP contribution is 2.45. The average molecular weight is 330 g/mol. The number of amides is 1. The van der Waals surface area contributed by atoms with Gasteiger partial charge in [0.1, 0.15) is 6.17 Å². The SMILES string of the molecule is CC1(C)C(=O)Nc2cc3c(cc21)NC(c1cnc2ccccc2c1)N3. The molecule has 1 amide bonds. The molecular formula is C20H18N4O. The lowest BCUT2D eigenvalue weighted by Crippen LogP contribution is -2.26. The van der Waals surface area contributed by atoms with E-state index in [-0.39, 0.29) is 12.1 Å². The molecule has 5 rings (SSSR count). The Morgan fingerprint density at radius 3 is 2.60 bits per heavy atom. The molecule has 0 saturated heterocycles. The van der Waals surface area contributed by atoms with Crippen LogP contribution >= 0.6 is 0 Å². The fourth-order valence-corrected chi connectivity index (χ4v) is 3.62. The van der Waals surface area contributed by atoms with Crippen molar-refractivity contribution in [2.75, 3.05) is 16.0 Å². The average Bonchev–Trinajstić information content (AvgIpc) is 3.12. The van der Waals surface area contributed by atoms with Crippen LogP contribution in [0.5, 0.6) is 0 Å². The largest absolute Gasteiger partial charge is 0.360 e. The van der Waals surface area contributed by atoms with E-state index in [2.05, 4.69) is 39.1 Å². The third-order valence-corrected chi connectivity index (χ3v) is 5.19. The van der Waals surface area contributed by atoms with E-state index in [0.717, 1.165) is 39.1 Å². The van der Waals surface area contributed by atoms with Crippen LogP contribution < -0.4 is 16.0 Å². The number of nitrogens with one attached hydrogen (secondary N) is 3. The van der Waals surface area contributed by atoms with Crippen molar-refractivity contribution in [2.45, 2.75) is 25.4 Å². The van der Waals surface area contributed by atoms with Gasteiger partial charge < -0.3 is 16.0 Å². The predicted molar refractivity (Wildman–Crippen MR) is 99.8 cm³/mol. The molecule has 0 fully saturated rings. The van der Waals surface area contributed by atoms with Crippen LogP contribution in [0.25, 0.3) is 10.9 Å². The van der Waals surface area contributed by atoms with Crippen molar-refractivity contribution in [1.82, 2.24) is 4.98 Å². The Morgan fingerprint density at radius 1 is 1.00 bits per heavy atom. The van der Waals surface area contributed by atoms with Gasteiger partial charge in [0.2, 0.25) is 5.91 Å². The molecule has 25 heavy (non-hydrogen) atoms. The maximum atomic E-state index is 12.1. The molecule has 1 atom stereocenters. The summed E-state index contributed by atoms with van der Waals surface area (Å²) in [5.41, 5.74) is 5.50. The number of pyridine rings is 1. The number of nitrogens with zero attached hydrogens (tertiary/aromatic N) is 1. The minimum absolute atomic E-state index is 0.0338. The fraction of sp³-hybridized carbons (Fsp3) is 0.200. The van der Waals surface area contributed by atoms with Crippen LogP contribution in [0.4, 0.5) is 17.1 Å². The summed E-state index contributed by atoms with van der Waals surface area (Å²) < 4.78 is 0. The number of anilines is 3. The highest BCUT2D eigenvalue weighted by Gasteiger charge is 2.40. The summed E-state index contributed by atoms with van der Waals surface area (Å²) in [6.45, 7) is 3.90. The Morgan fingerprint density at radius 2 is 1.76 bits per heavy atom. The van der Waals surface area contributed by atoms with Gasteiger partial charge in [-0.15, -0.1) is 0 Å². The van der Waals surface area contributed by atoms with E-state index in [9.17, 15) is 4.79 Å². The molecule has 0 bridgehead atoms. The van der Waals surface area contributed by atoms with Crippen molar-refractivity contribution in [3.8, 4) is 0 Å². The lowest BCUT2D eigenvalue weighted by atomic mass is 9.86. The van der Waals surface area contributed by atoms with Gasteiger partial charge in [-0.25, -0.2) is 0 Å². The van der Waals surface area contributed by atoms with Gasteiger partial charge in [0.15, 0.2) is 0 Å². The Balaban J connectivity index is 1.51. The molecule has 0 saturated carbocycles. The number of aromatic nitrogens is 1. The quantitative estimate of drug-likeness (QED) is 0.631. The van der Waals surface area contributed by atoms with Gasteiger partial charge in [0.25, 0.3) is 0 Å². The van der Waals surface area contributed by atoms with Gasteiger partial charge in [-0.3, -0.25) is 9.78 Å². The third kappa shape index (κ3) is 2.02. The highest BCUT2D eigenvalue weighted by atomic mass is 16.2. The third-order valence-electron chi connectivity index (χ3n) is 5.19. The molecular weight excluding hydrogens is 312 g/mol. The van der Waals surface area contributed by atoms with Crippen molar-refractivity contribution in [3.63, 3.8) is 0 Å². The van der Waals surface area contributed by atoms with Crippen LogP contribution in [0, 0.1) is 0 Å². The summed E-state index contributed by atoms with van der Waals surface area (Å²) in [5.74, 6) is 0.0430. The standard InChI is InChI=1S/C20H18N4O/c1-20(2)13-8-16-17(9-15(13)24-19(20)25)23-18(22-16)12-7-11-5-3-4-6-14(11)21-10-12/h3-10,18,22-23H,1-2H3,(H,24,25). The molecule has 2 aliphatic rings. The normalized spacial score (nSPS) is 19.8. The minimum atomic E-state index is -0.505. The Labute approximate surface area is 145 Å². The van der Waals surface area contributed by atoms with Crippen molar-refractivity contribution < 1.29 is 4.79 Å². The van der Waals surface area contributed by atoms with Crippen molar-refractivity contribution in [2.24, 2.45) is 0 Å². The van der Waals surface area contributed by atoms with Crippen LogP contribution in [0.1, 0.15) is 31.1 Å². The summed E-state index contributed by atoms with van der Waals surface area (Å²) in [4.78, 5) is 16.7. The number of carbonyl (C=O) groups is 1. The molecule has 0 spiro atoms. The van der Waals surface area contributed by atoms with Crippen LogP contribution in [0.3, 0.4) is 0 Å². The van der Waals surface area contributed by atoms with E-state index in [4.69, 9.17) is 0 Å².